The Kier molecular flexibility index (Phi) is 5.29. The van der Waals surface area contributed by atoms with Gasteiger partial charge in [-0.25, -0.2) is 10.2 Å². The van der Waals surface area contributed by atoms with E-state index in [1.54, 1.807) is 0 Å². The maximum Gasteiger partial charge on any atom is 0.339 e. The van der Waals surface area contributed by atoms with E-state index >= 15 is 0 Å². The number of amides is 2. The first-order valence-electron chi connectivity index (χ1n) is 9.71. The van der Waals surface area contributed by atoms with Gasteiger partial charge in [-0.15, -0.1) is 0 Å². The molecule has 0 saturated carbocycles. The van der Waals surface area contributed by atoms with Gasteiger partial charge in [0.1, 0.15) is 0 Å². The van der Waals surface area contributed by atoms with Crippen LogP contribution in [0.2, 0.25) is 0 Å². The molecule has 1 unspecified atom stereocenters. The Balaban J connectivity index is 1.53. The molecule has 0 bridgehead atoms. The summed E-state index contributed by atoms with van der Waals surface area (Å²) in [6, 6.07) is 23.9. The van der Waals surface area contributed by atoms with Crippen molar-refractivity contribution in [2.45, 2.75) is 26.3 Å². The molecule has 146 valence electrons. The molecule has 29 heavy (non-hydrogen) atoms. The summed E-state index contributed by atoms with van der Waals surface area (Å²) in [5, 5.41) is 10.8. The van der Waals surface area contributed by atoms with Crippen molar-refractivity contribution in [3.05, 3.63) is 95.1 Å². The summed E-state index contributed by atoms with van der Waals surface area (Å²) in [4.78, 5) is 12.3. The molecule has 5 nitrogen and oxygen atoms in total. The number of hydrazone groups is 1. The quantitative estimate of drug-likeness (QED) is 0.530. The van der Waals surface area contributed by atoms with Gasteiger partial charge in [-0.2, -0.15) is 5.10 Å². The minimum absolute atomic E-state index is 0.103. The highest BCUT2D eigenvalue weighted by molar-refractivity contribution is 6.07. The van der Waals surface area contributed by atoms with Gasteiger partial charge >= 0.3 is 6.03 Å². The van der Waals surface area contributed by atoms with Crippen LogP contribution in [0.5, 0.6) is 0 Å². The van der Waals surface area contributed by atoms with Gasteiger partial charge in [0, 0.05) is 23.4 Å². The normalized spacial score (nSPS) is 16.6. The molecule has 4 rings (SSSR count). The number of aryl methyl sites for hydroxylation is 2. The summed E-state index contributed by atoms with van der Waals surface area (Å²) in [5.74, 6) is 0. The third-order valence-electron chi connectivity index (χ3n) is 5.05. The number of nitrogens with one attached hydrogen (secondary N) is 3. The average molecular weight is 384 g/mol. The Morgan fingerprint density at radius 3 is 2.31 bits per heavy atom. The number of carbonyl (C=O) groups excluding carboxylic acids is 1. The Hall–Kier alpha value is -3.60. The Morgan fingerprint density at radius 2 is 1.59 bits per heavy atom. The van der Waals surface area contributed by atoms with Crippen LogP contribution in [0.3, 0.4) is 0 Å². The van der Waals surface area contributed by atoms with Crippen molar-refractivity contribution in [3.8, 4) is 0 Å². The van der Waals surface area contributed by atoms with Crippen molar-refractivity contribution in [2.24, 2.45) is 5.10 Å². The van der Waals surface area contributed by atoms with Gasteiger partial charge in [0.15, 0.2) is 0 Å². The van der Waals surface area contributed by atoms with Gasteiger partial charge in [0.2, 0.25) is 0 Å². The smallest absolute Gasteiger partial charge is 0.339 e. The van der Waals surface area contributed by atoms with Gasteiger partial charge in [-0.3, -0.25) is 0 Å². The van der Waals surface area contributed by atoms with Crippen LogP contribution in [0, 0.1) is 13.8 Å². The van der Waals surface area contributed by atoms with Crippen LogP contribution >= 0.6 is 0 Å². The molecule has 3 aromatic rings. The molecule has 0 aliphatic carbocycles. The molecule has 1 aliphatic heterocycles. The third kappa shape index (κ3) is 4.46. The van der Waals surface area contributed by atoms with Gasteiger partial charge in [0.25, 0.3) is 0 Å². The first-order chi connectivity index (χ1) is 14.1. The maximum absolute atomic E-state index is 12.3. The second kappa shape index (κ2) is 8.19. The first kappa shape index (κ1) is 18.7. The highest BCUT2D eigenvalue weighted by atomic mass is 16.2. The van der Waals surface area contributed by atoms with E-state index in [4.69, 9.17) is 0 Å². The second-order valence-corrected chi connectivity index (χ2v) is 7.35. The number of rotatable bonds is 3. The van der Waals surface area contributed by atoms with E-state index in [1.165, 1.54) is 11.1 Å². The zero-order valence-corrected chi connectivity index (χ0v) is 16.6. The summed E-state index contributed by atoms with van der Waals surface area (Å²) in [7, 11) is 0. The monoisotopic (exact) mass is 384 g/mol. The van der Waals surface area contributed by atoms with Crippen molar-refractivity contribution < 1.29 is 4.79 Å². The number of benzene rings is 3. The van der Waals surface area contributed by atoms with Crippen molar-refractivity contribution in [1.82, 2.24) is 5.43 Å². The van der Waals surface area contributed by atoms with E-state index in [1.807, 2.05) is 55.5 Å². The van der Waals surface area contributed by atoms with Crippen LogP contribution in [0.4, 0.5) is 16.2 Å². The molecule has 1 heterocycles. The van der Waals surface area contributed by atoms with Crippen LogP contribution in [-0.4, -0.2) is 11.7 Å². The molecule has 0 spiro atoms. The topological polar surface area (TPSA) is 65.5 Å². The van der Waals surface area contributed by atoms with Crippen LogP contribution in [0.15, 0.2) is 77.9 Å². The number of carbonyl (C=O) groups is 1. The number of urea groups is 1. The fourth-order valence-corrected chi connectivity index (χ4v) is 3.42. The lowest BCUT2D eigenvalue weighted by Crippen LogP contribution is -2.29. The van der Waals surface area contributed by atoms with Gasteiger partial charge < -0.3 is 10.6 Å². The standard InChI is InChI=1S/C24H24N4O/c1-16-7-11-18(12-8-16)22-15-23(20-5-3-4-6-21(20)26-22)27-28-24(29)25-19-13-9-17(2)10-14-19/h3-14,22,26H,15H2,1-2H3,(H2,25,28,29). The van der Waals surface area contributed by atoms with Crippen molar-refractivity contribution in [3.63, 3.8) is 0 Å². The molecule has 1 aliphatic rings. The fraction of sp³-hybridized carbons (Fsp3) is 0.167. The number of nitrogens with zero attached hydrogens (tertiary/aromatic N) is 1. The average Bonchev–Trinajstić information content (AvgIpc) is 2.74. The predicted molar refractivity (Wildman–Crippen MR) is 118 cm³/mol. The number of fused-ring (bicyclic) bond motifs is 1. The van der Waals surface area contributed by atoms with Crippen LogP contribution in [-0.2, 0) is 0 Å². The lowest BCUT2D eigenvalue weighted by molar-refractivity contribution is 0.252. The predicted octanol–water partition coefficient (Wildman–Crippen LogP) is 5.39. The summed E-state index contributed by atoms with van der Waals surface area (Å²) in [6.07, 6.45) is 0.685. The number of anilines is 2. The maximum atomic E-state index is 12.3. The summed E-state index contributed by atoms with van der Waals surface area (Å²) in [5.41, 5.74) is 9.82. The number of para-hydroxylation sites is 1. The Labute approximate surface area is 170 Å². The Bertz CT molecular complexity index is 1040. The molecule has 0 fully saturated rings. The SMILES string of the molecule is Cc1ccc(NC(=O)NN=C2CC(c3ccc(C)cc3)Nc3ccccc32)cc1. The van der Waals surface area contributed by atoms with Gasteiger partial charge in [-0.05, 0) is 37.6 Å². The number of hydrogen-bond donors (Lipinski definition) is 3. The first-order valence-corrected chi connectivity index (χ1v) is 9.71. The molecule has 0 radical (unpaired) electrons. The molecule has 1 atom stereocenters. The fourth-order valence-electron chi connectivity index (χ4n) is 3.42. The summed E-state index contributed by atoms with van der Waals surface area (Å²) < 4.78 is 0. The van der Waals surface area contributed by atoms with E-state index in [0.717, 1.165) is 28.2 Å². The summed E-state index contributed by atoms with van der Waals surface area (Å²) in [6.45, 7) is 4.09. The zero-order valence-electron chi connectivity index (χ0n) is 16.6. The number of hydrogen-bond acceptors (Lipinski definition) is 3. The van der Waals surface area contributed by atoms with Crippen molar-refractivity contribution in [2.75, 3.05) is 10.6 Å². The molecule has 2 amide bonds. The third-order valence-corrected chi connectivity index (χ3v) is 5.05. The van der Waals surface area contributed by atoms with Crippen molar-refractivity contribution in [1.29, 1.82) is 0 Å². The highest BCUT2D eigenvalue weighted by Gasteiger charge is 2.24. The van der Waals surface area contributed by atoms with Crippen LogP contribution in [0.1, 0.15) is 34.7 Å². The lowest BCUT2D eigenvalue weighted by Gasteiger charge is -2.28. The van der Waals surface area contributed by atoms with E-state index in [2.05, 4.69) is 52.3 Å². The minimum atomic E-state index is -0.357. The van der Waals surface area contributed by atoms with Crippen LogP contribution < -0.4 is 16.1 Å². The molecule has 3 N–H and O–H groups in total. The second-order valence-electron chi connectivity index (χ2n) is 7.35. The van der Waals surface area contributed by atoms with E-state index in [9.17, 15) is 4.79 Å². The lowest BCUT2D eigenvalue weighted by atomic mass is 9.91. The van der Waals surface area contributed by atoms with E-state index < -0.39 is 0 Å². The van der Waals surface area contributed by atoms with Gasteiger partial charge in [-0.1, -0.05) is 65.7 Å². The van der Waals surface area contributed by atoms with Gasteiger partial charge in [0.05, 0.1) is 11.8 Å². The molecular weight excluding hydrogens is 360 g/mol. The molecule has 0 saturated heterocycles. The summed E-state index contributed by atoms with van der Waals surface area (Å²) >= 11 is 0. The largest absolute Gasteiger partial charge is 0.377 e. The highest BCUT2D eigenvalue weighted by Crippen LogP contribution is 2.32. The molecule has 3 aromatic carbocycles. The van der Waals surface area contributed by atoms with Crippen molar-refractivity contribution >= 4 is 23.1 Å². The van der Waals surface area contributed by atoms with E-state index in [-0.39, 0.29) is 12.1 Å². The minimum Gasteiger partial charge on any atom is -0.377 e. The van der Waals surface area contributed by atoms with Crippen LogP contribution in [0.25, 0.3) is 0 Å². The molecule has 0 aromatic heterocycles. The van der Waals surface area contributed by atoms with E-state index in [0.29, 0.717) is 6.42 Å². The zero-order chi connectivity index (χ0) is 20.2. The Morgan fingerprint density at radius 1 is 0.931 bits per heavy atom. The molecule has 5 heteroatoms. The molecular formula is C24H24N4O.